The minimum atomic E-state index is -3.37. The number of ketones is 1. The second kappa shape index (κ2) is 9.92. The van der Waals surface area contributed by atoms with Gasteiger partial charge in [0, 0.05) is 19.5 Å². The van der Waals surface area contributed by atoms with E-state index in [1.807, 2.05) is 19.1 Å². The first kappa shape index (κ1) is 23.4. The third-order valence-corrected chi connectivity index (χ3v) is 9.24. The summed E-state index contributed by atoms with van der Waals surface area (Å²) in [5, 5.41) is 10.6. The second-order valence-electron chi connectivity index (χ2n) is 9.34. The molecule has 0 saturated carbocycles. The van der Waals surface area contributed by atoms with Crippen molar-refractivity contribution in [2.24, 2.45) is 11.8 Å². The zero-order valence-electron chi connectivity index (χ0n) is 18.6. The molecule has 0 aromatic rings. The third-order valence-electron chi connectivity index (χ3n) is 6.88. The van der Waals surface area contributed by atoms with E-state index in [-0.39, 0.29) is 17.0 Å². The number of carbonyl (C=O) groups excluding carboxylic acids is 1. The summed E-state index contributed by atoms with van der Waals surface area (Å²) in [6.45, 7) is 7.11. The van der Waals surface area contributed by atoms with Crippen molar-refractivity contribution in [1.82, 2.24) is 4.31 Å². The first-order chi connectivity index (χ1) is 14.2. The third kappa shape index (κ3) is 5.14. The highest BCUT2D eigenvalue weighted by Gasteiger charge is 2.37. The van der Waals surface area contributed by atoms with Gasteiger partial charge in [-0.15, -0.1) is 0 Å². The summed E-state index contributed by atoms with van der Waals surface area (Å²) in [6.07, 6.45) is 10.2. The van der Waals surface area contributed by atoms with Crippen LogP contribution in [0.1, 0.15) is 72.1 Å². The van der Waals surface area contributed by atoms with E-state index in [4.69, 9.17) is 0 Å². The minimum Gasteiger partial charge on any atom is -0.392 e. The fraction of sp³-hybridized carbons (Fsp3) is 0.708. The van der Waals surface area contributed by atoms with E-state index in [2.05, 4.69) is 19.9 Å². The Balaban J connectivity index is 1.76. The SMILES string of the molecule is CC1=CC(C)=C(C2C(=O)CCCN(S(=O)(=O)C3CC=CCC3)CCCC2O)C(C)C1. The number of carbonyl (C=O) groups is 1. The van der Waals surface area contributed by atoms with E-state index in [1.165, 1.54) is 5.57 Å². The van der Waals surface area contributed by atoms with Crippen molar-refractivity contribution in [3.8, 4) is 0 Å². The summed E-state index contributed by atoms with van der Waals surface area (Å²) in [4.78, 5) is 13.2. The molecule has 0 bridgehead atoms. The van der Waals surface area contributed by atoms with Crippen molar-refractivity contribution in [2.45, 2.75) is 83.5 Å². The van der Waals surface area contributed by atoms with Gasteiger partial charge >= 0.3 is 0 Å². The van der Waals surface area contributed by atoms with Crippen LogP contribution >= 0.6 is 0 Å². The monoisotopic (exact) mass is 435 g/mol. The molecule has 3 aliphatic rings. The maximum atomic E-state index is 13.2. The maximum Gasteiger partial charge on any atom is 0.217 e. The van der Waals surface area contributed by atoms with Crippen molar-refractivity contribution in [3.05, 3.63) is 34.9 Å². The Hall–Kier alpha value is -1.24. The van der Waals surface area contributed by atoms with Crippen LogP contribution in [-0.2, 0) is 14.8 Å². The van der Waals surface area contributed by atoms with Crippen LogP contribution in [0.5, 0.6) is 0 Å². The van der Waals surface area contributed by atoms with Gasteiger partial charge in [0.25, 0.3) is 0 Å². The molecule has 1 fully saturated rings. The average Bonchev–Trinajstić information content (AvgIpc) is 2.69. The number of aliphatic hydroxyl groups is 1. The Morgan fingerprint density at radius 3 is 2.50 bits per heavy atom. The average molecular weight is 436 g/mol. The Labute approximate surface area is 182 Å². The molecule has 30 heavy (non-hydrogen) atoms. The largest absolute Gasteiger partial charge is 0.392 e. The Morgan fingerprint density at radius 2 is 1.83 bits per heavy atom. The van der Waals surface area contributed by atoms with Gasteiger partial charge in [0.1, 0.15) is 5.78 Å². The fourth-order valence-electron chi connectivity index (χ4n) is 5.48. The number of allylic oxidation sites excluding steroid dienone is 5. The van der Waals surface area contributed by atoms with Crippen molar-refractivity contribution in [2.75, 3.05) is 13.1 Å². The molecule has 4 atom stereocenters. The predicted octanol–water partition coefficient (Wildman–Crippen LogP) is 4.15. The van der Waals surface area contributed by atoms with Gasteiger partial charge in [-0.25, -0.2) is 12.7 Å². The van der Waals surface area contributed by atoms with E-state index in [0.29, 0.717) is 51.6 Å². The van der Waals surface area contributed by atoms with Gasteiger partial charge in [-0.2, -0.15) is 0 Å². The zero-order valence-corrected chi connectivity index (χ0v) is 19.5. The molecule has 168 valence electrons. The van der Waals surface area contributed by atoms with Gasteiger partial charge in [-0.3, -0.25) is 4.79 Å². The molecule has 6 heteroatoms. The highest BCUT2D eigenvalue weighted by Crippen LogP contribution is 2.38. The topological polar surface area (TPSA) is 74.7 Å². The predicted molar refractivity (Wildman–Crippen MR) is 120 cm³/mol. The van der Waals surface area contributed by atoms with Crippen LogP contribution in [0.4, 0.5) is 0 Å². The number of rotatable bonds is 3. The number of aliphatic hydroxyl groups excluding tert-OH is 1. The first-order valence-corrected chi connectivity index (χ1v) is 12.9. The zero-order chi connectivity index (χ0) is 21.9. The summed E-state index contributed by atoms with van der Waals surface area (Å²) in [6, 6.07) is 0. The van der Waals surface area contributed by atoms with Crippen molar-refractivity contribution >= 4 is 15.8 Å². The molecule has 2 aliphatic carbocycles. The van der Waals surface area contributed by atoms with Gasteiger partial charge in [0.05, 0.1) is 17.3 Å². The molecule has 0 spiro atoms. The van der Waals surface area contributed by atoms with Crippen molar-refractivity contribution < 1.29 is 18.3 Å². The lowest BCUT2D eigenvalue weighted by Gasteiger charge is -2.34. The molecular formula is C24H37NO4S. The number of hydrogen-bond donors (Lipinski definition) is 1. The summed E-state index contributed by atoms with van der Waals surface area (Å²) >= 11 is 0. The molecule has 1 aliphatic heterocycles. The van der Waals surface area contributed by atoms with E-state index < -0.39 is 22.0 Å². The smallest absolute Gasteiger partial charge is 0.217 e. The van der Waals surface area contributed by atoms with Crippen LogP contribution in [0.2, 0.25) is 0 Å². The van der Waals surface area contributed by atoms with Gasteiger partial charge in [-0.05, 0) is 64.7 Å². The van der Waals surface area contributed by atoms with Gasteiger partial charge in [0.2, 0.25) is 10.0 Å². The highest BCUT2D eigenvalue weighted by molar-refractivity contribution is 7.89. The lowest BCUT2D eigenvalue weighted by molar-refractivity contribution is -0.125. The number of Topliss-reactive ketones (excluding diaryl/α,β-unsaturated/α-hetero) is 1. The molecule has 0 aromatic heterocycles. The lowest BCUT2D eigenvalue weighted by Crippen LogP contribution is -2.42. The molecule has 4 unspecified atom stereocenters. The number of nitrogens with zero attached hydrogens (tertiary/aromatic N) is 1. The van der Waals surface area contributed by atoms with Crippen molar-refractivity contribution in [1.29, 1.82) is 0 Å². The summed E-state index contributed by atoms with van der Waals surface area (Å²) in [7, 11) is -3.37. The van der Waals surface area contributed by atoms with Gasteiger partial charge in [-0.1, -0.05) is 41.9 Å². The lowest BCUT2D eigenvalue weighted by atomic mass is 9.73. The normalized spacial score (nSPS) is 32.8. The summed E-state index contributed by atoms with van der Waals surface area (Å²) in [5.74, 6) is -0.162. The molecule has 0 aromatic carbocycles. The molecule has 0 radical (unpaired) electrons. The van der Waals surface area contributed by atoms with Crippen LogP contribution in [0.3, 0.4) is 0 Å². The van der Waals surface area contributed by atoms with Crippen LogP contribution in [0, 0.1) is 11.8 Å². The Bertz CT molecular complexity index is 839. The number of sulfonamides is 1. The van der Waals surface area contributed by atoms with Gasteiger partial charge in [0.15, 0.2) is 0 Å². The molecule has 0 amide bonds. The molecular weight excluding hydrogens is 398 g/mol. The maximum absolute atomic E-state index is 13.2. The quantitative estimate of drug-likeness (QED) is 0.676. The molecule has 1 saturated heterocycles. The van der Waals surface area contributed by atoms with E-state index in [9.17, 15) is 18.3 Å². The summed E-state index contributed by atoms with van der Waals surface area (Å²) in [5.41, 5.74) is 3.50. The van der Waals surface area contributed by atoms with Crippen LogP contribution in [-0.4, -0.2) is 48.1 Å². The van der Waals surface area contributed by atoms with Crippen LogP contribution in [0.25, 0.3) is 0 Å². The fourth-order valence-corrected chi connectivity index (χ4v) is 7.46. The van der Waals surface area contributed by atoms with E-state index >= 15 is 0 Å². The number of hydrogen-bond acceptors (Lipinski definition) is 4. The van der Waals surface area contributed by atoms with Crippen molar-refractivity contribution in [3.63, 3.8) is 0 Å². The highest BCUT2D eigenvalue weighted by atomic mass is 32.2. The minimum absolute atomic E-state index is 0.0523. The summed E-state index contributed by atoms with van der Waals surface area (Å²) < 4.78 is 27.8. The van der Waals surface area contributed by atoms with Crippen LogP contribution < -0.4 is 0 Å². The molecule has 3 rings (SSSR count). The van der Waals surface area contributed by atoms with Crippen LogP contribution in [0.15, 0.2) is 34.9 Å². The molecule has 5 nitrogen and oxygen atoms in total. The molecule has 1 heterocycles. The Kier molecular flexibility index (Phi) is 7.75. The first-order valence-electron chi connectivity index (χ1n) is 11.4. The second-order valence-corrected chi connectivity index (χ2v) is 11.6. The van der Waals surface area contributed by atoms with Gasteiger partial charge < -0.3 is 5.11 Å². The molecule has 1 N–H and O–H groups in total. The Morgan fingerprint density at radius 1 is 1.10 bits per heavy atom. The standard InChI is InChI=1S/C24H37NO4S/c1-17-15-18(2)23(19(3)16-17)24-21(26)11-7-13-25(14-8-12-22(24)27)30(28,29)20-9-5-4-6-10-20/h4-5,15,19-21,24,26H,6-14,16H2,1-3H3. The van der Waals surface area contributed by atoms with E-state index in [1.54, 1.807) is 4.31 Å². The van der Waals surface area contributed by atoms with E-state index in [0.717, 1.165) is 24.0 Å².